The van der Waals surface area contributed by atoms with Gasteiger partial charge in [0.05, 0.1) is 6.61 Å². The third-order valence-electron chi connectivity index (χ3n) is 4.60. The van der Waals surface area contributed by atoms with E-state index in [1.165, 1.54) is 4.90 Å². The molecule has 25 heavy (non-hydrogen) atoms. The van der Waals surface area contributed by atoms with Gasteiger partial charge in [-0.1, -0.05) is 18.5 Å². The minimum absolute atomic E-state index is 0.0871. The number of halogens is 1. The predicted molar refractivity (Wildman–Crippen MR) is 92.0 cm³/mol. The highest BCUT2D eigenvalue weighted by molar-refractivity contribution is 6.30. The average Bonchev–Trinajstić information content (AvgIpc) is 3.15. The summed E-state index contributed by atoms with van der Waals surface area (Å²) in [6.07, 6.45) is 0. The fourth-order valence-electron chi connectivity index (χ4n) is 3.12. The largest absolute Gasteiger partial charge is 0.381 e. The van der Waals surface area contributed by atoms with Gasteiger partial charge >= 0.3 is 0 Å². The zero-order valence-corrected chi connectivity index (χ0v) is 14.6. The summed E-state index contributed by atoms with van der Waals surface area (Å²) in [7, 11) is 0. The first-order valence-corrected chi connectivity index (χ1v) is 8.46. The van der Waals surface area contributed by atoms with E-state index >= 15 is 0 Å². The summed E-state index contributed by atoms with van der Waals surface area (Å²) in [6.45, 7) is 4.85. The maximum absolute atomic E-state index is 12.7. The summed E-state index contributed by atoms with van der Waals surface area (Å²) in [6, 6.07) is 6.43. The molecule has 0 radical (unpaired) electrons. The number of guanidine groups is 1. The van der Waals surface area contributed by atoms with Gasteiger partial charge in [0.15, 0.2) is 5.03 Å². The second-order valence-corrected chi connectivity index (χ2v) is 6.76. The van der Waals surface area contributed by atoms with Crippen LogP contribution in [-0.2, 0) is 4.74 Å². The Morgan fingerprint density at radius 1 is 1.36 bits per heavy atom. The predicted octanol–water partition coefficient (Wildman–Crippen LogP) is 1.93. The number of carbonyl (C=O) groups excluding carboxylic acids is 1. The van der Waals surface area contributed by atoms with Gasteiger partial charge < -0.3 is 9.64 Å². The topological polar surface area (TPSA) is 88.3 Å². The van der Waals surface area contributed by atoms with Crippen LogP contribution in [0.15, 0.2) is 29.4 Å². The molecule has 0 N–H and O–H groups in total. The van der Waals surface area contributed by atoms with Crippen LogP contribution in [0.2, 0.25) is 5.02 Å². The molecule has 1 aromatic carbocycles. The zero-order chi connectivity index (χ0) is 18.0. The van der Waals surface area contributed by atoms with Crippen LogP contribution in [0.3, 0.4) is 0 Å². The number of hydrazone groups is 1. The van der Waals surface area contributed by atoms with Crippen LogP contribution < -0.4 is 0 Å². The van der Waals surface area contributed by atoms with E-state index in [2.05, 4.69) is 12.0 Å². The third-order valence-corrected chi connectivity index (χ3v) is 4.85. The molecule has 0 spiro atoms. The number of rotatable bonds is 4. The maximum Gasteiger partial charge on any atom is 0.281 e. The minimum atomic E-state index is -0.760. The van der Waals surface area contributed by atoms with Crippen LogP contribution in [0.25, 0.3) is 0 Å². The molecule has 2 aliphatic heterocycles. The molecule has 9 heteroatoms. The van der Waals surface area contributed by atoms with E-state index in [0.717, 1.165) is 0 Å². The summed E-state index contributed by atoms with van der Waals surface area (Å²) in [4.78, 5) is 26.8. The van der Waals surface area contributed by atoms with Crippen molar-refractivity contribution in [3.05, 3.63) is 45.0 Å². The number of hydrogen-bond acceptors (Lipinski definition) is 4. The van der Waals surface area contributed by atoms with Gasteiger partial charge in [0, 0.05) is 42.7 Å². The molecule has 2 heterocycles. The molecule has 2 aliphatic rings. The lowest BCUT2D eigenvalue weighted by atomic mass is 9.98. The van der Waals surface area contributed by atoms with Crippen LogP contribution in [0.1, 0.15) is 17.3 Å². The molecular formula is C16H19ClN4O4. The van der Waals surface area contributed by atoms with Gasteiger partial charge in [-0.15, -0.1) is 0 Å². The Bertz CT molecular complexity index is 694. The van der Waals surface area contributed by atoms with Gasteiger partial charge in [-0.3, -0.25) is 9.69 Å². The summed E-state index contributed by atoms with van der Waals surface area (Å²) < 4.78 is 5.46. The molecule has 0 bridgehead atoms. The van der Waals surface area contributed by atoms with Gasteiger partial charge in [-0.2, -0.15) is 0 Å². The van der Waals surface area contributed by atoms with Crippen LogP contribution in [0.4, 0.5) is 0 Å². The van der Waals surface area contributed by atoms with E-state index in [9.17, 15) is 14.9 Å². The summed E-state index contributed by atoms with van der Waals surface area (Å²) in [5.74, 6) is 0.403. The number of nitro groups is 1. The van der Waals surface area contributed by atoms with E-state index in [1.807, 2.05) is 0 Å². The Morgan fingerprint density at radius 3 is 2.68 bits per heavy atom. The number of amides is 1. The molecule has 1 aromatic rings. The number of nitrogens with zero attached hydrogens (tertiary/aromatic N) is 4. The van der Waals surface area contributed by atoms with Gasteiger partial charge in [0.1, 0.15) is 5.10 Å². The monoisotopic (exact) mass is 366 g/mol. The first-order valence-electron chi connectivity index (χ1n) is 8.09. The molecule has 8 nitrogen and oxygen atoms in total. The van der Waals surface area contributed by atoms with Gasteiger partial charge in [-0.05, 0) is 30.2 Å². The molecule has 2 fully saturated rings. The molecule has 2 unspecified atom stereocenters. The standard InChI is InChI=1S/C16H19ClN4O4/c1-11-9-25-10-13(11)8-19-6-7-20(16(19)18-21(23)24)15(22)12-2-4-14(17)5-3-12/h2-5,11,13H,6-10H2,1H3. The first kappa shape index (κ1) is 17.6. The lowest BCUT2D eigenvalue weighted by molar-refractivity contribution is -0.486. The molecular weight excluding hydrogens is 348 g/mol. The highest BCUT2D eigenvalue weighted by Gasteiger charge is 2.37. The average molecular weight is 367 g/mol. The van der Waals surface area contributed by atoms with Gasteiger partial charge in [0.25, 0.3) is 11.9 Å². The Kier molecular flexibility index (Phi) is 5.19. The van der Waals surface area contributed by atoms with Crippen molar-refractivity contribution in [3.63, 3.8) is 0 Å². The van der Waals surface area contributed by atoms with Crippen LogP contribution in [0.5, 0.6) is 0 Å². The van der Waals surface area contributed by atoms with Crippen molar-refractivity contribution in [2.75, 3.05) is 32.8 Å². The molecule has 0 aromatic heterocycles. The summed E-state index contributed by atoms with van der Waals surface area (Å²) in [5.41, 5.74) is 0.417. The Balaban J connectivity index is 1.80. The molecule has 134 valence electrons. The Hall–Kier alpha value is -2.19. The molecule has 0 saturated carbocycles. The summed E-state index contributed by atoms with van der Waals surface area (Å²) >= 11 is 5.85. The maximum atomic E-state index is 12.7. The number of carbonyl (C=O) groups is 1. The number of ether oxygens (including phenoxy) is 1. The highest BCUT2D eigenvalue weighted by Crippen LogP contribution is 2.24. The lowest BCUT2D eigenvalue weighted by Gasteiger charge is -2.23. The molecule has 3 rings (SSSR count). The zero-order valence-electron chi connectivity index (χ0n) is 13.8. The molecule has 1 amide bonds. The van der Waals surface area contributed by atoms with E-state index in [-0.39, 0.29) is 17.8 Å². The normalized spacial score (nSPS) is 25.0. The third kappa shape index (κ3) is 3.91. The molecule has 2 saturated heterocycles. The molecule has 0 aliphatic carbocycles. The molecule has 2 atom stereocenters. The van der Waals surface area contributed by atoms with Crippen LogP contribution in [0, 0.1) is 22.0 Å². The van der Waals surface area contributed by atoms with Crippen molar-refractivity contribution in [1.29, 1.82) is 0 Å². The van der Waals surface area contributed by atoms with Crippen molar-refractivity contribution in [2.24, 2.45) is 16.9 Å². The highest BCUT2D eigenvalue weighted by atomic mass is 35.5. The van der Waals surface area contributed by atoms with E-state index < -0.39 is 5.03 Å². The second-order valence-electron chi connectivity index (χ2n) is 6.32. The van der Waals surface area contributed by atoms with E-state index in [1.54, 1.807) is 29.2 Å². The van der Waals surface area contributed by atoms with Crippen molar-refractivity contribution in [3.8, 4) is 0 Å². The van der Waals surface area contributed by atoms with E-state index in [0.29, 0.717) is 49.4 Å². The van der Waals surface area contributed by atoms with E-state index in [4.69, 9.17) is 16.3 Å². The lowest BCUT2D eigenvalue weighted by Crippen LogP contribution is -2.41. The first-order chi connectivity index (χ1) is 12.0. The number of benzene rings is 1. The van der Waals surface area contributed by atoms with Crippen molar-refractivity contribution in [1.82, 2.24) is 9.80 Å². The number of hydrogen-bond donors (Lipinski definition) is 0. The fraction of sp³-hybridized carbons (Fsp3) is 0.500. The Morgan fingerprint density at radius 2 is 2.08 bits per heavy atom. The van der Waals surface area contributed by atoms with Gasteiger partial charge in [-0.25, -0.2) is 10.1 Å². The smallest absolute Gasteiger partial charge is 0.281 e. The van der Waals surface area contributed by atoms with Crippen molar-refractivity contribution >= 4 is 23.5 Å². The van der Waals surface area contributed by atoms with Crippen LogP contribution in [-0.4, -0.2) is 59.5 Å². The summed E-state index contributed by atoms with van der Waals surface area (Å²) in [5, 5.41) is 14.2. The van der Waals surface area contributed by atoms with Gasteiger partial charge in [0.2, 0.25) is 0 Å². The van der Waals surface area contributed by atoms with Crippen molar-refractivity contribution in [2.45, 2.75) is 6.92 Å². The minimum Gasteiger partial charge on any atom is -0.381 e. The Labute approximate surface area is 150 Å². The van der Waals surface area contributed by atoms with Crippen molar-refractivity contribution < 1.29 is 14.6 Å². The second kappa shape index (κ2) is 7.37. The fourth-order valence-corrected chi connectivity index (χ4v) is 3.24. The SMILES string of the molecule is CC1COCC1CN1CCN(C(=O)c2ccc(Cl)cc2)C1=N[N+](=O)[O-]. The quantitative estimate of drug-likeness (QED) is 0.600. The van der Waals surface area contributed by atoms with Crippen LogP contribution >= 0.6 is 11.6 Å².